The zero-order valence-electron chi connectivity index (χ0n) is 7.18. The molecule has 0 aliphatic rings. The molecule has 5 heteroatoms. The number of nitrogens with zero attached hydrogens (tertiary/aromatic N) is 1. The zero-order chi connectivity index (χ0) is 10.1. The highest BCUT2D eigenvalue weighted by atomic mass is 16.9. The molecule has 0 spiro atoms. The topological polar surface area (TPSA) is 93.8 Å². The Labute approximate surface area is 75.9 Å². The Morgan fingerprint density at radius 2 is 1.69 bits per heavy atom. The third-order valence-corrected chi connectivity index (χ3v) is 1.31. The maximum Gasteiger partial charge on any atom is 0.0780 e. The molecule has 0 unspecified atom stereocenters. The highest BCUT2D eigenvalue weighted by molar-refractivity contribution is 5.14. The summed E-state index contributed by atoms with van der Waals surface area (Å²) in [6, 6.07) is 10.4. The standard InChI is InChI=1S/C8H11N.NO3/c9-7-6-8-4-2-1-3-5-8;2-1(3)4/h1-5H,6-7,9H2;/q;-1/p+1. The van der Waals surface area contributed by atoms with E-state index in [0.29, 0.717) is 0 Å². The van der Waals surface area contributed by atoms with Crippen LogP contribution in [-0.4, -0.2) is 11.6 Å². The summed E-state index contributed by atoms with van der Waals surface area (Å²) in [7, 11) is 0. The molecule has 0 heterocycles. The minimum absolute atomic E-state index is 0.990. The van der Waals surface area contributed by atoms with Crippen LogP contribution in [0.15, 0.2) is 30.3 Å². The molecule has 0 radical (unpaired) electrons. The molecule has 0 aliphatic heterocycles. The first kappa shape index (κ1) is 11.4. The van der Waals surface area contributed by atoms with Crippen LogP contribution >= 0.6 is 0 Å². The van der Waals surface area contributed by atoms with E-state index in [0.717, 1.165) is 13.0 Å². The summed E-state index contributed by atoms with van der Waals surface area (Å²) < 4.78 is 0. The quantitative estimate of drug-likeness (QED) is 0.526. The van der Waals surface area contributed by atoms with E-state index in [9.17, 15) is 0 Å². The first-order chi connectivity index (χ1) is 6.16. The fourth-order valence-corrected chi connectivity index (χ4v) is 0.849. The van der Waals surface area contributed by atoms with Crippen LogP contribution in [0.4, 0.5) is 0 Å². The van der Waals surface area contributed by atoms with Gasteiger partial charge in [0.15, 0.2) is 0 Å². The van der Waals surface area contributed by atoms with Gasteiger partial charge in [0.2, 0.25) is 0 Å². The van der Waals surface area contributed by atoms with Gasteiger partial charge < -0.3 is 21.1 Å². The third-order valence-electron chi connectivity index (χ3n) is 1.31. The fourth-order valence-electron chi connectivity index (χ4n) is 0.849. The largest absolute Gasteiger partial charge is 0.357 e. The van der Waals surface area contributed by atoms with Crippen molar-refractivity contribution in [2.45, 2.75) is 6.42 Å². The first-order valence-electron chi connectivity index (χ1n) is 3.81. The maximum atomic E-state index is 8.25. The summed E-state index contributed by atoms with van der Waals surface area (Å²) in [5.41, 5.74) is 5.16. The first-order valence-corrected chi connectivity index (χ1v) is 3.81. The second-order valence-electron chi connectivity index (χ2n) is 2.31. The lowest BCUT2D eigenvalue weighted by Gasteiger charge is -1.92. The van der Waals surface area contributed by atoms with Gasteiger partial charge in [-0.15, -0.1) is 0 Å². The Kier molecular flexibility index (Phi) is 6.17. The number of hydrogen-bond acceptors (Lipinski definition) is 3. The number of benzene rings is 1. The molecule has 0 aromatic heterocycles. The van der Waals surface area contributed by atoms with Gasteiger partial charge in [0.1, 0.15) is 0 Å². The third kappa shape index (κ3) is 8.28. The van der Waals surface area contributed by atoms with Crippen molar-refractivity contribution in [2.75, 3.05) is 6.54 Å². The van der Waals surface area contributed by atoms with Crippen LogP contribution < -0.4 is 5.73 Å². The SMILES string of the molecule is O=[N+]([O-])[O-].[NH3+]CCc1ccccc1. The van der Waals surface area contributed by atoms with Gasteiger partial charge in [0.05, 0.1) is 11.6 Å². The Bertz CT molecular complexity index is 234. The van der Waals surface area contributed by atoms with Gasteiger partial charge in [-0.25, -0.2) is 0 Å². The van der Waals surface area contributed by atoms with Gasteiger partial charge in [-0.2, -0.15) is 0 Å². The van der Waals surface area contributed by atoms with Gasteiger partial charge in [-0.05, 0) is 5.56 Å². The predicted molar refractivity (Wildman–Crippen MR) is 48.3 cm³/mol. The molecule has 13 heavy (non-hydrogen) atoms. The van der Waals surface area contributed by atoms with Crippen molar-refractivity contribution in [1.82, 2.24) is 0 Å². The van der Waals surface area contributed by atoms with E-state index in [1.807, 2.05) is 6.07 Å². The Hall–Kier alpha value is -1.62. The van der Waals surface area contributed by atoms with Gasteiger partial charge in [0.25, 0.3) is 0 Å². The molecule has 0 saturated heterocycles. The summed E-state index contributed by atoms with van der Waals surface area (Å²) in [6.07, 6.45) is 1.10. The molecule has 1 aromatic rings. The highest BCUT2D eigenvalue weighted by Gasteiger charge is 1.86. The van der Waals surface area contributed by atoms with Crippen molar-refractivity contribution in [3.05, 3.63) is 51.2 Å². The van der Waals surface area contributed by atoms with Crippen LogP contribution in [0.3, 0.4) is 0 Å². The van der Waals surface area contributed by atoms with E-state index in [-0.39, 0.29) is 0 Å². The van der Waals surface area contributed by atoms with Gasteiger partial charge in [0, 0.05) is 6.42 Å². The van der Waals surface area contributed by atoms with E-state index < -0.39 is 5.09 Å². The average Bonchev–Trinajstić information content (AvgIpc) is 2.06. The minimum Gasteiger partial charge on any atom is -0.357 e. The summed E-state index contributed by atoms with van der Waals surface area (Å²) >= 11 is 0. The van der Waals surface area contributed by atoms with Crippen LogP contribution in [0.25, 0.3) is 0 Å². The highest BCUT2D eigenvalue weighted by Crippen LogP contribution is 1.96. The molecule has 3 N–H and O–H groups in total. The lowest BCUT2D eigenvalue weighted by Crippen LogP contribution is -2.51. The number of rotatable bonds is 2. The fraction of sp³-hybridized carbons (Fsp3) is 0.250. The van der Waals surface area contributed by atoms with Crippen LogP contribution in [0.2, 0.25) is 0 Å². The number of quaternary nitrogens is 1. The van der Waals surface area contributed by atoms with Crippen molar-refractivity contribution in [1.29, 1.82) is 0 Å². The zero-order valence-corrected chi connectivity index (χ0v) is 7.18. The maximum absolute atomic E-state index is 8.25. The van der Waals surface area contributed by atoms with Gasteiger partial charge in [-0.1, -0.05) is 30.3 Å². The lowest BCUT2D eigenvalue weighted by atomic mass is 10.2. The molecule has 0 aliphatic carbocycles. The van der Waals surface area contributed by atoms with Gasteiger partial charge in [-0.3, -0.25) is 0 Å². The van der Waals surface area contributed by atoms with Crippen molar-refractivity contribution in [3.8, 4) is 0 Å². The Balaban J connectivity index is 0.000000310. The molecule has 1 rings (SSSR count). The lowest BCUT2D eigenvalue weighted by molar-refractivity contribution is -0.402. The normalized spacial score (nSPS) is 8.38. The molecule has 1 aromatic carbocycles. The molecule has 72 valence electrons. The van der Waals surface area contributed by atoms with Crippen LogP contribution in [0.5, 0.6) is 0 Å². The van der Waals surface area contributed by atoms with Crippen molar-refractivity contribution in [3.63, 3.8) is 0 Å². The van der Waals surface area contributed by atoms with Crippen LogP contribution in [0, 0.1) is 15.3 Å². The monoisotopic (exact) mass is 184 g/mol. The van der Waals surface area contributed by atoms with Crippen LogP contribution in [-0.2, 0) is 6.42 Å². The molecular formula is C8H12N2O3. The molecule has 0 atom stereocenters. The summed E-state index contributed by atoms with van der Waals surface area (Å²) in [5.74, 6) is 0. The van der Waals surface area contributed by atoms with E-state index in [2.05, 4.69) is 30.0 Å². The van der Waals surface area contributed by atoms with E-state index in [1.54, 1.807) is 0 Å². The van der Waals surface area contributed by atoms with Crippen LogP contribution in [0.1, 0.15) is 5.56 Å². The van der Waals surface area contributed by atoms with E-state index in [1.165, 1.54) is 5.56 Å². The van der Waals surface area contributed by atoms with E-state index in [4.69, 9.17) is 15.3 Å². The van der Waals surface area contributed by atoms with Crippen molar-refractivity contribution in [2.24, 2.45) is 0 Å². The predicted octanol–water partition coefficient (Wildman–Crippen LogP) is 0.232. The average molecular weight is 184 g/mol. The molecule has 0 amide bonds. The van der Waals surface area contributed by atoms with Gasteiger partial charge >= 0.3 is 0 Å². The molecule has 0 saturated carbocycles. The minimum atomic E-state index is -1.75. The second-order valence-corrected chi connectivity index (χ2v) is 2.31. The Morgan fingerprint density at radius 3 is 2.08 bits per heavy atom. The summed E-state index contributed by atoms with van der Waals surface area (Å²) in [5, 5.41) is 14.8. The smallest absolute Gasteiger partial charge is 0.0780 e. The number of hydrogen-bond donors (Lipinski definition) is 1. The Morgan fingerprint density at radius 1 is 1.23 bits per heavy atom. The summed E-state index contributed by atoms with van der Waals surface area (Å²) in [6.45, 7) is 0.990. The molecule has 5 nitrogen and oxygen atoms in total. The molecule has 0 fully saturated rings. The molecule has 0 bridgehead atoms. The molecular weight excluding hydrogens is 172 g/mol. The van der Waals surface area contributed by atoms with Crippen molar-refractivity contribution >= 4 is 0 Å². The van der Waals surface area contributed by atoms with Crippen molar-refractivity contribution < 1.29 is 10.8 Å². The second kappa shape index (κ2) is 7.05. The van der Waals surface area contributed by atoms with E-state index >= 15 is 0 Å². The summed E-state index contributed by atoms with van der Waals surface area (Å²) in [4.78, 5) is 8.25.